The van der Waals surface area contributed by atoms with Crippen molar-refractivity contribution < 1.29 is 14.9 Å². The summed E-state index contributed by atoms with van der Waals surface area (Å²) in [4.78, 5) is 0. The van der Waals surface area contributed by atoms with E-state index in [-0.39, 0.29) is 11.5 Å². The van der Waals surface area contributed by atoms with E-state index >= 15 is 0 Å². The van der Waals surface area contributed by atoms with Crippen LogP contribution in [0.1, 0.15) is 86.5 Å². The number of allylic oxidation sites excluding steroid dienone is 3. The molecular weight excluding hydrogens is 396 g/mol. The molecule has 0 aromatic rings. The van der Waals surface area contributed by atoms with E-state index in [1.54, 1.807) is 12.7 Å². The summed E-state index contributed by atoms with van der Waals surface area (Å²) in [6, 6.07) is 0. The van der Waals surface area contributed by atoms with Gasteiger partial charge in [-0.25, -0.2) is 0 Å². The molecule has 3 fully saturated rings. The molecule has 182 valence electrons. The number of rotatable bonds is 5. The summed E-state index contributed by atoms with van der Waals surface area (Å²) in [6.07, 6.45) is 13.6. The lowest BCUT2D eigenvalue weighted by Crippen LogP contribution is -2.65. The van der Waals surface area contributed by atoms with Crippen molar-refractivity contribution in [3.8, 4) is 0 Å². The highest BCUT2D eigenvalue weighted by atomic mass is 16.5. The van der Waals surface area contributed by atoms with Crippen molar-refractivity contribution >= 4 is 0 Å². The Balaban J connectivity index is 1.64. The van der Waals surface area contributed by atoms with E-state index in [4.69, 9.17) is 4.74 Å². The Labute approximate surface area is 196 Å². The van der Waals surface area contributed by atoms with Crippen molar-refractivity contribution in [3.63, 3.8) is 0 Å². The van der Waals surface area contributed by atoms with Gasteiger partial charge in [-0.2, -0.15) is 0 Å². The van der Waals surface area contributed by atoms with Gasteiger partial charge in [0, 0.05) is 18.9 Å². The fourth-order valence-corrected chi connectivity index (χ4v) is 8.40. The Morgan fingerprint density at radius 2 is 1.72 bits per heavy atom. The molecule has 2 N–H and O–H groups in total. The molecule has 0 aromatic carbocycles. The molecule has 3 nitrogen and oxygen atoms in total. The van der Waals surface area contributed by atoms with Gasteiger partial charge in [0.1, 0.15) is 11.7 Å². The number of fused-ring (bicyclic) bond motifs is 5. The van der Waals surface area contributed by atoms with Crippen LogP contribution in [0.4, 0.5) is 0 Å². The maximum Gasteiger partial charge on any atom is 0.105 e. The summed E-state index contributed by atoms with van der Waals surface area (Å²) in [5.41, 5.74) is 0.714. The lowest BCUT2D eigenvalue weighted by Gasteiger charge is -2.62. The van der Waals surface area contributed by atoms with Gasteiger partial charge >= 0.3 is 0 Å². The summed E-state index contributed by atoms with van der Waals surface area (Å²) in [7, 11) is 1.73. The summed E-state index contributed by atoms with van der Waals surface area (Å²) >= 11 is 0. The van der Waals surface area contributed by atoms with Crippen LogP contribution in [0.2, 0.25) is 0 Å². The second-order valence-corrected chi connectivity index (χ2v) is 12.7. The van der Waals surface area contributed by atoms with Gasteiger partial charge in [0.15, 0.2) is 0 Å². The van der Waals surface area contributed by atoms with Crippen LogP contribution in [0.25, 0.3) is 0 Å². The van der Waals surface area contributed by atoms with E-state index in [2.05, 4.69) is 59.8 Å². The molecule has 4 rings (SSSR count). The molecule has 0 bridgehead atoms. The predicted molar refractivity (Wildman–Crippen MR) is 131 cm³/mol. The Bertz CT molecular complexity index is 756. The highest BCUT2D eigenvalue weighted by Gasteiger charge is 2.65. The van der Waals surface area contributed by atoms with E-state index in [1.807, 2.05) is 0 Å². The Morgan fingerprint density at radius 3 is 2.38 bits per heavy atom. The number of aliphatic hydroxyl groups excluding tert-OH is 1. The molecule has 0 unspecified atom stereocenters. The third-order valence-corrected chi connectivity index (χ3v) is 11.0. The van der Waals surface area contributed by atoms with Crippen LogP contribution in [0.3, 0.4) is 0 Å². The van der Waals surface area contributed by atoms with Gasteiger partial charge in [-0.15, -0.1) is 0 Å². The van der Waals surface area contributed by atoms with Gasteiger partial charge in [0.25, 0.3) is 0 Å². The van der Waals surface area contributed by atoms with Crippen LogP contribution >= 0.6 is 0 Å². The monoisotopic (exact) mass is 444 g/mol. The molecule has 0 spiro atoms. The molecule has 3 heteroatoms. The first-order valence-electron chi connectivity index (χ1n) is 13.3. The highest BCUT2D eigenvalue weighted by Crippen LogP contribution is 2.67. The third kappa shape index (κ3) is 3.57. The second kappa shape index (κ2) is 8.54. The molecule has 0 amide bonds. The van der Waals surface area contributed by atoms with Gasteiger partial charge < -0.3 is 14.9 Å². The van der Waals surface area contributed by atoms with E-state index in [9.17, 15) is 10.2 Å². The predicted octanol–water partition coefficient (Wildman–Crippen LogP) is 6.15. The SMILES string of the molecule is CO[C@H]1C=C2[C@@H]3CC[C@H]([C@H](C)/C=C/[C@H](C)C(C)C)[C@@]3(C)CC[C@@H]2[C@@]2(C)CC[C@H](O)C[C@]12O. The zero-order valence-electron chi connectivity index (χ0n) is 21.6. The minimum Gasteiger partial charge on any atom is -0.393 e. The molecule has 3 saturated carbocycles. The quantitative estimate of drug-likeness (QED) is 0.500. The molecular formula is C29H48O3. The van der Waals surface area contributed by atoms with Crippen LogP contribution in [-0.4, -0.2) is 35.1 Å². The van der Waals surface area contributed by atoms with Crippen molar-refractivity contribution in [2.75, 3.05) is 7.11 Å². The zero-order chi connectivity index (χ0) is 23.5. The summed E-state index contributed by atoms with van der Waals surface area (Å²) in [5, 5.41) is 22.3. The fraction of sp³-hybridized carbons (Fsp3) is 0.862. The average Bonchev–Trinajstić information content (AvgIpc) is 3.09. The molecule has 32 heavy (non-hydrogen) atoms. The van der Waals surface area contributed by atoms with Crippen LogP contribution in [0, 0.1) is 46.3 Å². The smallest absolute Gasteiger partial charge is 0.105 e. The number of methoxy groups -OCH3 is 1. The van der Waals surface area contributed by atoms with Crippen molar-refractivity contribution in [2.45, 2.75) is 104 Å². The van der Waals surface area contributed by atoms with Gasteiger partial charge in [-0.3, -0.25) is 0 Å². The highest BCUT2D eigenvalue weighted by molar-refractivity contribution is 5.33. The molecule has 10 atom stereocenters. The largest absolute Gasteiger partial charge is 0.393 e. The number of ether oxygens (including phenoxy) is 1. The van der Waals surface area contributed by atoms with Gasteiger partial charge in [0.05, 0.1) is 6.10 Å². The van der Waals surface area contributed by atoms with Crippen LogP contribution < -0.4 is 0 Å². The van der Waals surface area contributed by atoms with E-state index < -0.39 is 11.7 Å². The Hall–Kier alpha value is -0.640. The summed E-state index contributed by atoms with van der Waals surface area (Å²) in [5.74, 6) is 3.63. The molecule has 0 saturated heterocycles. The van der Waals surface area contributed by atoms with E-state index in [0.29, 0.717) is 47.3 Å². The summed E-state index contributed by atoms with van der Waals surface area (Å²) < 4.78 is 5.92. The van der Waals surface area contributed by atoms with Crippen molar-refractivity contribution in [3.05, 3.63) is 23.8 Å². The summed E-state index contributed by atoms with van der Waals surface area (Å²) in [6.45, 7) is 14.2. The van der Waals surface area contributed by atoms with Crippen molar-refractivity contribution in [2.24, 2.45) is 46.3 Å². The molecule has 0 aliphatic heterocycles. The lowest BCUT2D eigenvalue weighted by molar-refractivity contribution is -0.216. The first-order valence-corrected chi connectivity index (χ1v) is 13.3. The normalized spacial score (nSPS) is 48.2. The van der Waals surface area contributed by atoms with Crippen molar-refractivity contribution in [1.29, 1.82) is 0 Å². The molecule has 4 aliphatic rings. The maximum atomic E-state index is 11.9. The van der Waals surface area contributed by atoms with E-state index in [1.165, 1.54) is 19.3 Å². The number of hydrogen-bond acceptors (Lipinski definition) is 3. The molecule has 0 radical (unpaired) electrons. The Morgan fingerprint density at radius 1 is 1.00 bits per heavy atom. The topological polar surface area (TPSA) is 49.7 Å². The molecule has 0 aromatic heterocycles. The Kier molecular flexibility index (Phi) is 6.53. The minimum atomic E-state index is -0.970. The van der Waals surface area contributed by atoms with Crippen molar-refractivity contribution in [1.82, 2.24) is 0 Å². The van der Waals surface area contributed by atoms with Gasteiger partial charge in [-0.05, 0) is 79.4 Å². The van der Waals surface area contributed by atoms with Gasteiger partial charge in [0.2, 0.25) is 0 Å². The molecule has 0 heterocycles. The first kappa shape index (κ1) is 24.5. The van der Waals surface area contributed by atoms with Crippen LogP contribution in [0.15, 0.2) is 23.8 Å². The third-order valence-electron chi connectivity index (χ3n) is 11.0. The first-order chi connectivity index (χ1) is 15.0. The maximum absolute atomic E-state index is 11.9. The lowest BCUT2D eigenvalue weighted by atomic mass is 9.45. The minimum absolute atomic E-state index is 0.214. The molecule has 4 aliphatic carbocycles. The van der Waals surface area contributed by atoms with Gasteiger partial charge in [-0.1, -0.05) is 65.3 Å². The van der Waals surface area contributed by atoms with Crippen LogP contribution in [0.5, 0.6) is 0 Å². The zero-order valence-corrected chi connectivity index (χ0v) is 21.6. The van der Waals surface area contributed by atoms with Crippen LogP contribution in [-0.2, 0) is 4.74 Å². The number of hydrogen-bond donors (Lipinski definition) is 2. The van der Waals surface area contributed by atoms with E-state index in [0.717, 1.165) is 19.3 Å². The fourth-order valence-electron chi connectivity index (χ4n) is 8.40. The second-order valence-electron chi connectivity index (χ2n) is 12.7. The standard InChI is InChI=1S/C29H48O3/c1-18(2)19(3)8-9-20(4)23-10-11-24-22-16-26(32-7)29(31)17-21(30)12-15-28(29,6)25(22)13-14-27(23,24)5/h8-9,16,18-21,23-26,30-31H,10-15,17H2,1-7H3/b9-8+/t19-,20+,21-,23+,24-,25-,26-,27+,28+,29-/m0/s1. The number of aliphatic hydroxyl groups is 2. The average molecular weight is 445 g/mol.